The maximum atomic E-state index is 14.2. The highest BCUT2D eigenvalue weighted by atomic mass is 31.3. The van der Waals surface area contributed by atoms with Crippen LogP contribution in [0.5, 0.6) is 0 Å². The maximum Gasteiger partial charge on any atom is 0.490 e. The normalized spacial score (nSPS) is 25.7. The van der Waals surface area contributed by atoms with Gasteiger partial charge in [0.05, 0.1) is 12.6 Å². The van der Waals surface area contributed by atoms with Crippen LogP contribution in [0.1, 0.15) is 5.56 Å². The van der Waals surface area contributed by atoms with Crippen LogP contribution in [0.15, 0.2) is 43.1 Å². The minimum atomic E-state index is -5.86. The number of benzene rings is 1. The van der Waals surface area contributed by atoms with Crippen molar-refractivity contribution in [1.29, 1.82) is 0 Å². The molecule has 0 aliphatic carbocycles. The fourth-order valence-electron chi connectivity index (χ4n) is 4.92. The van der Waals surface area contributed by atoms with Crippen molar-refractivity contribution in [2.24, 2.45) is 5.73 Å². The molecule has 1 aromatic carbocycles. The number of Topliss-reactive ketones (excluding diaryl/α,β-unsaturated/α-hetero) is 1. The molecule has 244 valence electrons. The minimum absolute atomic E-state index is 0.0168. The van der Waals surface area contributed by atoms with Gasteiger partial charge in [-0.2, -0.15) is 8.62 Å². The Bertz CT molecular complexity index is 1900. The molecule has 24 heteroatoms. The number of H-pyrrole nitrogens is 1. The van der Waals surface area contributed by atoms with Crippen LogP contribution in [0.4, 0.5) is 5.82 Å². The molecule has 1 aliphatic heterocycles. The van der Waals surface area contributed by atoms with Crippen molar-refractivity contribution in [1.82, 2.24) is 24.5 Å². The Morgan fingerprint density at radius 2 is 1.80 bits per heavy atom. The Kier molecular flexibility index (Phi) is 8.90. The zero-order valence-electron chi connectivity index (χ0n) is 22.5. The van der Waals surface area contributed by atoms with Crippen molar-refractivity contribution >= 4 is 57.1 Å². The molecule has 0 bridgehead atoms. The molecule has 4 aromatic rings. The Hall–Kier alpha value is -2.97. The van der Waals surface area contributed by atoms with Gasteiger partial charge >= 0.3 is 23.5 Å². The van der Waals surface area contributed by atoms with E-state index in [9.17, 15) is 38.5 Å². The monoisotopic (exact) mass is 693 g/mol. The van der Waals surface area contributed by atoms with Crippen molar-refractivity contribution in [3.63, 3.8) is 0 Å². The summed E-state index contributed by atoms with van der Waals surface area (Å²) in [5.41, 5.74) is 10.9. The van der Waals surface area contributed by atoms with Crippen LogP contribution < -0.4 is 11.5 Å². The number of fused-ring (bicyclic) bond motifs is 2. The average Bonchev–Trinajstić information content (AvgIpc) is 3.62. The molecule has 2 unspecified atom stereocenters. The first-order chi connectivity index (χ1) is 20.9. The van der Waals surface area contributed by atoms with Crippen molar-refractivity contribution in [2.45, 2.75) is 36.5 Å². The summed E-state index contributed by atoms with van der Waals surface area (Å²) in [6.07, 6.45) is -2.47. The molecule has 1 saturated heterocycles. The second kappa shape index (κ2) is 12.0. The van der Waals surface area contributed by atoms with E-state index < -0.39 is 65.9 Å². The lowest BCUT2D eigenvalue weighted by Crippen LogP contribution is -2.57. The number of para-hydroxylation sites is 1. The SMILES string of the molecule is Nc1ncnc2c1ncn2[C@]1(C(=O)[C@@H](N)Cc2c[nH]c3ccccc23)O[C@H](COP(=O)(O)OP(=O)(O)OP(=O)(O)O)[C@@H](O)[C@H]1O. The lowest BCUT2D eigenvalue weighted by molar-refractivity contribution is -0.175. The largest absolute Gasteiger partial charge is 0.490 e. The molecule has 4 heterocycles. The highest BCUT2D eigenvalue weighted by Crippen LogP contribution is 2.66. The molecule has 3 aromatic heterocycles. The second-order valence-corrected chi connectivity index (χ2v) is 14.2. The van der Waals surface area contributed by atoms with Crippen LogP contribution in [0.25, 0.3) is 22.1 Å². The number of ketones is 1. The van der Waals surface area contributed by atoms with E-state index >= 15 is 0 Å². The maximum absolute atomic E-state index is 14.2. The van der Waals surface area contributed by atoms with Crippen LogP contribution in [-0.2, 0) is 48.5 Å². The molecule has 5 rings (SSSR count). The van der Waals surface area contributed by atoms with E-state index in [2.05, 4.69) is 33.1 Å². The van der Waals surface area contributed by atoms with E-state index in [0.29, 0.717) is 5.56 Å². The molecule has 45 heavy (non-hydrogen) atoms. The van der Waals surface area contributed by atoms with E-state index in [1.807, 2.05) is 0 Å². The highest BCUT2D eigenvalue weighted by molar-refractivity contribution is 7.66. The predicted molar refractivity (Wildman–Crippen MR) is 149 cm³/mol. The third-order valence-electron chi connectivity index (χ3n) is 6.78. The van der Waals surface area contributed by atoms with Crippen LogP contribution in [-0.4, -0.2) is 91.0 Å². The number of ether oxygens (including phenoxy) is 1. The number of nitrogens with zero attached hydrogens (tertiary/aromatic N) is 4. The van der Waals surface area contributed by atoms with Crippen molar-refractivity contribution in [3.05, 3.63) is 48.7 Å². The van der Waals surface area contributed by atoms with Gasteiger partial charge in [0, 0.05) is 17.1 Å². The molecule has 0 spiro atoms. The number of hydrogen-bond acceptors (Lipinski definition) is 15. The summed E-state index contributed by atoms with van der Waals surface area (Å²) in [7, 11) is -17.2. The quantitative estimate of drug-likeness (QED) is 0.0815. The van der Waals surface area contributed by atoms with Crippen LogP contribution >= 0.6 is 23.5 Å². The topological polar surface area (TPSA) is 338 Å². The standard InChI is InChI=1S/C21H26N7O14P3/c22-12(5-10-6-24-13-4-2-1-3-11(10)13)17(30)21(28-9-27-15-19(23)25-8-26-20(15)28)18(31)16(29)14(40-21)7-39-44(35,36)42-45(37,38)41-43(32,33)34/h1-4,6,8-9,12,14,16,18,24,29,31H,5,7,22H2,(H,35,36)(H,37,38)(H2,23,25,26)(H2,32,33,34)/t12-,14+,16+,18+,21+/m0/s1. The highest BCUT2D eigenvalue weighted by Gasteiger charge is 2.62. The molecule has 1 aliphatic rings. The molecule has 7 atom stereocenters. The molecule has 11 N–H and O–H groups in total. The van der Waals surface area contributed by atoms with E-state index in [4.69, 9.17) is 26.0 Å². The number of phosphoric acid groups is 3. The number of hydrogen-bond donors (Lipinski definition) is 9. The summed E-state index contributed by atoms with van der Waals surface area (Å²) < 4.78 is 53.6. The van der Waals surface area contributed by atoms with Gasteiger partial charge in [0.25, 0.3) is 0 Å². The summed E-state index contributed by atoms with van der Waals surface area (Å²) in [5.74, 6) is -1.11. The Balaban J connectivity index is 1.47. The summed E-state index contributed by atoms with van der Waals surface area (Å²) in [5, 5.41) is 23.0. The molecule has 1 fully saturated rings. The molecule has 0 saturated carbocycles. The number of anilines is 1. The van der Waals surface area contributed by atoms with Gasteiger partial charge < -0.3 is 51.0 Å². The van der Waals surface area contributed by atoms with Crippen molar-refractivity contribution < 1.29 is 66.2 Å². The number of nitrogens with one attached hydrogen (secondary N) is 1. The van der Waals surface area contributed by atoms with Gasteiger partial charge in [-0.3, -0.25) is 13.9 Å². The molecular formula is C21H26N7O14P3. The number of aromatic nitrogens is 5. The lowest BCUT2D eigenvalue weighted by Gasteiger charge is -2.34. The first-order valence-electron chi connectivity index (χ1n) is 12.6. The van der Waals surface area contributed by atoms with E-state index in [0.717, 1.165) is 28.1 Å². The minimum Gasteiger partial charge on any atom is -0.387 e. The number of aliphatic hydroxyl groups excluding tert-OH is 2. The fraction of sp³-hybridized carbons (Fsp3) is 0.333. The van der Waals surface area contributed by atoms with Crippen LogP contribution in [0.2, 0.25) is 0 Å². The number of imidazole rings is 1. The summed E-state index contributed by atoms with van der Waals surface area (Å²) in [6.45, 7) is -1.20. The molecule has 0 amide bonds. The van der Waals surface area contributed by atoms with E-state index in [1.54, 1.807) is 30.5 Å². The first-order valence-corrected chi connectivity index (χ1v) is 17.1. The van der Waals surface area contributed by atoms with Crippen molar-refractivity contribution in [3.8, 4) is 0 Å². The molecule has 0 radical (unpaired) electrons. The zero-order valence-corrected chi connectivity index (χ0v) is 25.2. The van der Waals surface area contributed by atoms with Gasteiger partial charge in [-0.1, -0.05) is 18.2 Å². The zero-order chi connectivity index (χ0) is 32.9. The number of rotatable bonds is 12. The summed E-state index contributed by atoms with van der Waals surface area (Å²) in [4.78, 5) is 65.9. The Labute approximate surface area is 251 Å². The Morgan fingerprint density at radius 3 is 2.51 bits per heavy atom. The van der Waals surface area contributed by atoms with Crippen LogP contribution in [0.3, 0.4) is 0 Å². The van der Waals surface area contributed by atoms with E-state index in [1.165, 1.54) is 0 Å². The van der Waals surface area contributed by atoms with Gasteiger partial charge in [0.2, 0.25) is 11.5 Å². The lowest BCUT2D eigenvalue weighted by atomic mass is 9.91. The number of carbonyl (C=O) groups excluding carboxylic acids is 1. The van der Waals surface area contributed by atoms with E-state index in [-0.39, 0.29) is 23.4 Å². The predicted octanol–water partition coefficient (Wildman–Crippen LogP) is -0.854. The number of carbonyl (C=O) groups is 1. The third kappa shape index (κ3) is 6.64. The summed E-state index contributed by atoms with van der Waals surface area (Å²) >= 11 is 0. The molecule has 21 nitrogen and oxygen atoms in total. The van der Waals surface area contributed by atoms with Gasteiger partial charge in [0.1, 0.15) is 36.5 Å². The molecular weight excluding hydrogens is 667 g/mol. The number of aliphatic hydroxyl groups is 2. The number of nitrogen functional groups attached to an aromatic ring is 1. The van der Waals surface area contributed by atoms with Gasteiger partial charge in [-0.05, 0) is 18.1 Å². The van der Waals surface area contributed by atoms with Crippen molar-refractivity contribution in [2.75, 3.05) is 12.3 Å². The average molecular weight is 693 g/mol. The summed E-state index contributed by atoms with van der Waals surface area (Å²) in [6, 6.07) is 5.75. The van der Waals surface area contributed by atoms with Gasteiger partial charge in [-0.15, -0.1) is 0 Å². The fourth-order valence-corrected chi connectivity index (χ4v) is 7.95. The Morgan fingerprint density at radius 1 is 1.09 bits per heavy atom. The first kappa shape index (κ1) is 33.4. The smallest absolute Gasteiger partial charge is 0.387 e. The number of nitrogens with two attached hydrogens (primary N) is 2. The van der Waals surface area contributed by atoms with Gasteiger partial charge in [0.15, 0.2) is 11.5 Å². The number of phosphoric ester groups is 1. The second-order valence-electron chi connectivity index (χ2n) is 9.75. The third-order valence-corrected chi connectivity index (χ3v) is 10.6. The van der Waals surface area contributed by atoms with Gasteiger partial charge in [-0.25, -0.2) is 28.6 Å². The number of aromatic amines is 1. The van der Waals surface area contributed by atoms with Crippen LogP contribution in [0, 0.1) is 0 Å².